The number of Topliss-reactive ketones (excluding diaryl/α,β-unsaturated/α-hetero) is 1. The zero-order chi connectivity index (χ0) is 15.3. The van der Waals surface area contributed by atoms with Gasteiger partial charge >= 0.3 is 0 Å². The summed E-state index contributed by atoms with van der Waals surface area (Å²) in [5, 5.41) is 0. The van der Waals surface area contributed by atoms with Crippen molar-refractivity contribution in [1.29, 1.82) is 0 Å². The van der Waals surface area contributed by atoms with E-state index in [-0.39, 0.29) is 41.8 Å². The summed E-state index contributed by atoms with van der Waals surface area (Å²) in [4.78, 5) is 39.3. The molecule has 3 aliphatic rings. The van der Waals surface area contributed by atoms with E-state index < -0.39 is 5.92 Å². The smallest absolute Gasteiger partial charge is 0.238 e. The molecule has 4 atom stereocenters. The lowest BCUT2D eigenvalue weighted by molar-refractivity contribution is -0.139. The van der Waals surface area contributed by atoms with Crippen LogP contribution in [-0.4, -0.2) is 17.6 Å². The highest BCUT2D eigenvalue weighted by Gasteiger charge is 2.57. The Bertz CT molecular complexity index is 639. The Labute approximate surface area is 129 Å². The van der Waals surface area contributed by atoms with Crippen molar-refractivity contribution in [1.82, 2.24) is 0 Å². The number of hydrogen-bond donors (Lipinski definition) is 0. The standard InChI is InChI=1S/C18H19NO3/c20-15-10-14-16(13-9-5-4-8-12(13)15)18(22)19(17(14)21)11-6-2-1-3-7-11/h1-3,6-7,12-14,16H,4-5,8-10H2. The number of carbonyl (C=O) groups excluding carboxylic acids is 3. The first kappa shape index (κ1) is 13.7. The van der Waals surface area contributed by atoms with Gasteiger partial charge in [0.2, 0.25) is 11.8 Å². The van der Waals surface area contributed by atoms with Crippen LogP contribution in [0.2, 0.25) is 0 Å². The molecule has 4 rings (SSSR count). The molecule has 0 spiro atoms. The van der Waals surface area contributed by atoms with Gasteiger partial charge in [-0.3, -0.25) is 19.3 Å². The molecular weight excluding hydrogens is 278 g/mol. The first-order chi connectivity index (χ1) is 10.7. The summed E-state index contributed by atoms with van der Waals surface area (Å²) in [6.07, 6.45) is 4.16. The van der Waals surface area contributed by atoms with E-state index in [0.29, 0.717) is 5.69 Å². The van der Waals surface area contributed by atoms with E-state index in [9.17, 15) is 14.4 Å². The number of carbonyl (C=O) groups is 3. The number of hydrogen-bond acceptors (Lipinski definition) is 3. The fraction of sp³-hybridized carbons (Fsp3) is 0.500. The van der Waals surface area contributed by atoms with Gasteiger partial charge in [0.05, 0.1) is 17.5 Å². The quantitative estimate of drug-likeness (QED) is 0.749. The van der Waals surface area contributed by atoms with Gasteiger partial charge in [-0.25, -0.2) is 0 Å². The molecule has 114 valence electrons. The Balaban J connectivity index is 1.72. The van der Waals surface area contributed by atoms with Crippen molar-refractivity contribution in [3.8, 4) is 0 Å². The predicted molar refractivity (Wildman–Crippen MR) is 81.0 cm³/mol. The van der Waals surface area contributed by atoms with Gasteiger partial charge < -0.3 is 0 Å². The lowest BCUT2D eigenvalue weighted by atomic mass is 9.62. The molecular formula is C18H19NO3. The lowest BCUT2D eigenvalue weighted by Gasteiger charge is -2.39. The third kappa shape index (κ3) is 1.86. The predicted octanol–water partition coefficient (Wildman–Crippen LogP) is 2.57. The Hall–Kier alpha value is -1.97. The van der Waals surface area contributed by atoms with Crippen molar-refractivity contribution in [2.75, 3.05) is 4.90 Å². The maximum absolute atomic E-state index is 12.9. The van der Waals surface area contributed by atoms with Crippen LogP contribution in [0.5, 0.6) is 0 Å². The molecule has 0 aromatic heterocycles. The summed E-state index contributed by atoms with van der Waals surface area (Å²) in [7, 11) is 0. The fourth-order valence-electron chi connectivity index (χ4n) is 4.63. The number of benzene rings is 1. The Morgan fingerprint density at radius 1 is 0.864 bits per heavy atom. The van der Waals surface area contributed by atoms with Gasteiger partial charge in [0.25, 0.3) is 0 Å². The van der Waals surface area contributed by atoms with Crippen molar-refractivity contribution in [3.63, 3.8) is 0 Å². The molecule has 1 aromatic rings. The summed E-state index contributed by atoms with van der Waals surface area (Å²) >= 11 is 0. The van der Waals surface area contributed by atoms with E-state index in [1.54, 1.807) is 12.1 Å². The second-order valence-electron chi connectivity index (χ2n) is 6.70. The van der Waals surface area contributed by atoms with Crippen molar-refractivity contribution in [2.45, 2.75) is 32.1 Å². The van der Waals surface area contributed by atoms with Crippen LogP contribution in [0.1, 0.15) is 32.1 Å². The molecule has 1 aromatic carbocycles. The van der Waals surface area contributed by atoms with Crippen LogP contribution < -0.4 is 4.90 Å². The number of anilines is 1. The number of rotatable bonds is 1. The number of fused-ring (bicyclic) bond motifs is 3. The summed E-state index contributed by atoms with van der Waals surface area (Å²) in [6, 6.07) is 9.09. The van der Waals surface area contributed by atoms with Crippen molar-refractivity contribution < 1.29 is 14.4 Å². The molecule has 1 aliphatic heterocycles. The zero-order valence-corrected chi connectivity index (χ0v) is 12.4. The highest BCUT2D eigenvalue weighted by molar-refractivity contribution is 6.23. The second kappa shape index (κ2) is 5.04. The fourth-order valence-corrected chi connectivity index (χ4v) is 4.63. The summed E-state index contributed by atoms with van der Waals surface area (Å²) in [6.45, 7) is 0. The van der Waals surface area contributed by atoms with Crippen LogP contribution in [0.4, 0.5) is 5.69 Å². The molecule has 0 bridgehead atoms. The Morgan fingerprint density at radius 3 is 2.36 bits per heavy atom. The molecule has 4 unspecified atom stereocenters. The number of nitrogens with zero attached hydrogens (tertiary/aromatic N) is 1. The average Bonchev–Trinajstić information content (AvgIpc) is 2.80. The van der Waals surface area contributed by atoms with Gasteiger partial charge in [-0.1, -0.05) is 31.0 Å². The van der Waals surface area contributed by atoms with E-state index in [2.05, 4.69) is 0 Å². The third-order valence-corrected chi connectivity index (χ3v) is 5.61. The molecule has 1 heterocycles. The van der Waals surface area contributed by atoms with Crippen molar-refractivity contribution >= 4 is 23.3 Å². The minimum atomic E-state index is -0.431. The van der Waals surface area contributed by atoms with Crippen LogP contribution >= 0.6 is 0 Å². The van der Waals surface area contributed by atoms with Crippen LogP contribution in [0.15, 0.2) is 30.3 Å². The summed E-state index contributed by atoms with van der Waals surface area (Å²) < 4.78 is 0. The first-order valence-electron chi connectivity index (χ1n) is 8.14. The first-order valence-corrected chi connectivity index (χ1v) is 8.14. The van der Waals surface area contributed by atoms with Crippen molar-refractivity contribution in [2.24, 2.45) is 23.7 Å². The Kier molecular flexibility index (Phi) is 3.13. The summed E-state index contributed by atoms with van der Waals surface area (Å²) in [5.41, 5.74) is 0.631. The minimum Gasteiger partial charge on any atom is -0.299 e. The molecule has 22 heavy (non-hydrogen) atoms. The number of para-hydroxylation sites is 1. The van der Waals surface area contributed by atoms with E-state index in [1.165, 1.54) is 4.90 Å². The molecule has 2 saturated carbocycles. The van der Waals surface area contributed by atoms with Gasteiger partial charge in [0.15, 0.2) is 0 Å². The Morgan fingerprint density at radius 2 is 1.59 bits per heavy atom. The molecule has 0 radical (unpaired) electrons. The molecule has 2 amide bonds. The maximum atomic E-state index is 12.9. The SMILES string of the molecule is O=C1CC2C(=O)N(c3ccccc3)C(=O)C2C2CCCCC12. The topological polar surface area (TPSA) is 54.5 Å². The van der Waals surface area contributed by atoms with E-state index >= 15 is 0 Å². The lowest BCUT2D eigenvalue weighted by Crippen LogP contribution is -2.43. The van der Waals surface area contributed by atoms with Gasteiger partial charge in [0, 0.05) is 12.3 Å². The van der Waals surface area contributed by atoms with Crippen LogP contribution in [0.25, 0.3) is 0 Å². The van der Waals surface area contributed by atoms with Gasteiger partial charge in [-0.15, -0.1) is 0 Å². The second-order valence-corrected chi connectivity index (χ2v) is 6.70. The monoisotopic (exact) mass is 297 g/mol. The number of amides is 2. The zero-order valence-electron chi connectivity index (χ0n) is 12.4. The molecule has 3 fully saturated rings. The van der Waals surface area contributed by atoms with Gasteiger partial charge in [0.1, 0.15) is 5.78 Å². The normalized spacial score (nSPS) is 34.5. The summed E-state index contributed by atoms with van der Waals surface area (Å²) in [5.74, 6) is -0.714. The molecule has 0 N–H and O–H groups in total. The van der Waals surface area contributed by atoms with Gasteiger partial charge in [-0.05, 0) is 30.9 Å². The van der Waals surface area contributed by atoms with E-state index in [1.807, 2.05) is 18.2 Å². The van der Waals surface area contributed by atoms with Crippen LogP contribution in [0.3, 0.4) is 0 Å². The molecule has 2 aliphatic carbocycles. The van der Waals surface area contributed by atoms with E-state index in [0.717, 1.165) is 25.7 Å². The van der Waals surface area contributed by atoms with Crippen molar-refractivity contribution in [3.05, 3.63) is 30.3 Å². The maximum Gasteiger partial charge on any atom is 0.238 e. The van der Waals surface area contributed by atoms with Crippen LogP contribution in [0, 0.1) is 23.7 Å². The van der Waals surface area contributed by atoms with Crippen LogP contribution in [-0.2, 0) is 14.4 Å². The molecule has 4 nitrogen and oxygen atoms in total. The largest absolute Gasteiger partial charge is 0.299 e. The van der Waals surface area contributed by atoms with E-state index in [4.69, 9.17) is 0 Å². The number of ketones is 1. The highest BCUT2D eigenvalue weighted by atomic mass is 16.2. The third-order valence-electron chi connectivity index (χ3n) is 5.61. The molecule has 4 heteroatoms. The molecule has 1 saturated heterocycles. The van der Waals surface area contributed by atoms with Gasteiger partial charge in [-0.2, -0.15) is 0 Å². The highest BCUT2D eigenvalue weighted by Crippen LogP contribution is 2.49. The number of imide groups is 1. The minimum absolute atomic E-state index is 0.00229. The average molecular weight is 297 g/mol.